The largest absolute Gasteiger partial charge is 0.363 e. The van der Waals surface area contributed by atoms with Gasteiger partial charge in [-0.05, 0) is 23.8 Å². The van der Waals surface area contributed by atoms with E-state index in [9.17, 15) is 14.4 Å². The number of ketones is 1. The molecule has 2 amide bonds. The first-order chi connectivity index (χ1) is 13.1. The molecular formula is C19H17N5O3. The average Bonchev–Trinajstić information content (AvgIpc) is 3.18. The first-order valence-electron chi connectivity index (χ1n) is 8.20. The van der Waals surface area contributed by atoms with Crippen LogP contribution < -0.4 is 11.1 Å². The summed E-state index contributed by atoms with van der Waals surface area (Å²) in [5.74, 6) is -2.08. The molecule has 0 saturated heterocycles. The lowest BCUT2D eigenvalue weighted by atomic mass is 10.0. The summed E-state index contributed by atoms with van der Waals surface area (Å²) in [6, 6.07) is 14.7. The maximum absolute atomic E-state index is 12.7. The highest BCUT2D eigenvalue weighted by molar-refractivity contribution is 6.38. The van der Waals surface area contributed by atoms with Crippen LogP contribution in [0, 0.1) is 0 Å². The van der Waals surface area contributed by atoms with Crippen LogP contribution in [-0.2, 0) is 16.0 Å². The number of hydrogen-bond acceptors (Lipinski definition) is 5. The van der Waals surface area contributed by atoms with Crippen LogP contribution in [-0.4, -0.2) is 38.4 Å². The molecule has 136 valence electrons. The van der Waals surface area contributed by atoms with Gasteiger partial charge in [0.15, 0.2) is 5.82 Å². The zero-order valence-electron chi connectivity index (χ0n) is 14.3. The molecule has 1 atom stereocenters. The quantitative estimate of drug-likeness (QED) is 0.598. The molecule has 0 bridgehead atoms. The van der Waals surface area contributed by atoms with Crippen LogP contribution in [0.5, 0.6) is 0 Å². The van der Waals surface area contributed by atoms with Gasteiger partial charge in [0.2, 0.25) is 5.78 Å². The summed E-state index contributed by atoms with van der Waals surface area (Å²) in [6.45, 7) is 0. The van der Waals surface area contributed by atoms with Crippen LogP contribution >= 0.6 is 0 Å². The lowest BCUT2D eigenvalue weighted by molar-refractivity contribution is -0.137. The van der Waals surface area contributed by atoms with E-state index in [1.54, 1.807) is 48.7 Å². The Labute approximate surface area is 155 Å². The van der Waals surface area contributed by atoms with Crippen molar-refractivity contribution in [3.63, 3.8) is 0 Å². The van der Waals surface area contributed by atoms with Crippen LogP contribution in [0.2, 0.25) is 0 Å². The van der Waals surface area contributed by atoms with Gasteiger partial charge in [-0.3, -0.25) is 14.4 Å². The summed E-state index contributed by atoms with van der Waals surface area (Å²) in [6.07, 6.45) is 3.17. The zero-order valence-corrected chi connectivity index (χ0v) is 14.3. The highest BCUT2D eigenvalue weighted by atomic mass is 16.2. The zero-order chi connectivity index (χ0) is 19.2. The lowest BCUT2D eigenvalue weighted by Gasteiger charge is -2.16. The number of nitrogens with one attached hydrogen (secondary N) is 1. The highest BCUT2D eigenvalue weighted by Gasteiger charge is 2.27. The standard InChI is InChI=1S/C19H17N5O3/c20-18(26)17(25)14(12-13-6-2-1-3-7-13)23-19(27)15-9-11-22-24(15)16-8-4-5-10-21-16/h1-11,14H,12H2,(H2,20,26)(H,23,27). The molecule has 3 N–H and O–H groups in total. The van der Waals surface area contributed by atoms with Crippen molar-refractivity contribution in [2.75, 3.05) is 0 Å². The van der Waals surface area contributed by atoms with E-state index in [0.29, 0.717) is 5.82 Å². The predicted octanol–water partition coefficient (Wildman–Crippen LogP) is 0.663. The van der Waals surface area contributed by atoms with Crippen molar-refractivity contribution < 1.29 is 14.4 Å². The second kappa shape index (κ2) is 8.05. The number of rotatable bonds is 7. The number of aromatic nitrogens is 3. The summed E-state index contributed by atoms with van der Waals surface area (Å²) in [5, 5.41) is 6.68. The van der Waals surface area contributed by atoms with E-state index in [4.69, 9.17) is 5.73 Å². The maximum atomic E-state index is 12.7. The molecule has 0 fully saturated rings. The van der Waals surface area contributed by atoms with Gasteiger partial charge in [0.25, 0.3) is 11.8 Å². The molecule has 2 heterocycles. The molecule has 3 aromatic rings. The number of hydrogen-bond donors (Lipinski definition) is 2. The summed E-state index contributed by atoms with van der Waals surface area (Å²) in [5.41, 5.74) is 6.11. The fraction of sp³-hybridized carbons (Fsp3) is 0.105. The Hall–Kier alpha value is -3.81. The summed E-state index contributed by atoms with van der Waals surface area (Å²) < 4.78 is 1.35. The second-order valence-electron chi connectivity index (χ2n) is 5.76. The number of benzene rings is 1. The summed E-state index contributed by atoms with van der Waals surface area (Å²) in [4.78, 5) is 40.4. The minimum absolute atomic E-state index is 0.145. The molecule has 1 unspecified atom stereocenters. The van der Waals surface area contributed by atoms with E-state index in [-0.39, 0.29) is 12.1 Å². The van der Waals surface area contributed by atoms with E-state index in [0.717, 1.165) is 5.56 Å². The van der Waals surface area contributed by atoms with E-state index in [2.05, 4.69) is 15.4 Å². The molecule has 2 aromatic heterocycles. The SMILES string of the molecule is NC(=O)C(=O)C(Cc1ccccc1)NC(=O)c1ccnn1-c1ccccn1. The fourth-order valence-corrected chi connectivity index (χ4v) is 2.60. The Morgan fingerprint density at radius 3 is 2.41 bits per heavy atom. The molecule has 8 nitrogen and oxygen atoms in total. The predicted molar refractivity (Wildman–Crippen MR) is 97.0 cm³/mol. The van der Waals surface area contributed by atoms with Crippen molar-refractivity contribution in [1.29, 1.82) is 0 Å². The molecule has 0 saturated carbocycles. The van der Waals surface area contributed by atoms with Crippen LogP contribution in [0.4, 0.5) is 0 Å². The van der Waals surface area contributed by atoms with Gasteiger partial charge in [-0.1, -0.05) is 36.4 Å². The van der Waals surface area contributed by atoms with Gasteiger partial charge in [0, 0.05) is 12.6 Å². The van der Waals surface area contributed by atoms with Crippen molar-refractivity contribution in [1.82, 2.24) is 20.1 Å². The van der Waals surface area contributed by atoms with Crippen LogP contribution in [0.15, 0.2) is 67.0 Å². The topological polar surface area (TPSA) is 120 Å². The van der Waals surface area contributed by atoms with Crippen LogP contribution in [0.1, 0.15) is 16.1 Å². The number of carbonyl (C=O) groups is 3. The maximum Gasteiger partial charge on any atom is 0.287 e. The van der Waals surface area contributed by atoms with Gasteiger partial charge in [0.1, 0.15) is 11.7 Å². The van der Waals surface area contributed by atoms with E-state index in [1.165, 1.54) is 16.9 Å². The van der Waals surface area contributed by atoms with E-state index in [1.807, 2.05) is 6.07 Å². The molecule has 27 heavy (non-hydrogen) atoms. The van der Waals surface area contributed by atoms with Gasteiger partial charge in [-0.15, -0.1) is 0 Å². The molecule has 0 aliphatic rings. The molecule has 0 aliphatic carbocycles. The molecule has 0 spiro atoms. The third-order valence-electron chi connectivity index (χ3n) is 3.89. The number of nitrogens with zero attached hydrogens (tertiary/aromatic N) is 3. The molecule has 0 radical (unpaired) electrons. The Balaban J connectivity index is 1.84. The molecule has 3 rings (SSSR count). The van der Waals surface area contributed by atoms with Gasteiger partial charge >= 0.3 is 0 Å². The first kappa shape index (κ1) is 18.0. The minimum Gasteiger partial charge on any atom is -0.363 e. The van der Waals surface area contributed by atoms with Gasteiger partial charge < -0.3 is 11.1 Å². The summed E-state index contributed by atoms with van der Waals surface area (Å²) >= 11 is 0. The first-order valence-corrected chi connectivity index (χ1v) is 8.20. The van der Waals surface area contributed by atoms with E-state index < -0.39 is 23.6 Å². The Bertz CT molecular complexity index is 954. The number of amides is 2. The fourth-order valence-electron chi connectivity index (χ4n) is 2.60. The molecule has 1 aromatic carbocycles. The van der Waals surface area contributed by atoms with Crippen molar-refractivity contribution in [3.8, 4) is 5.82 Å². The van der Waals surface area contributed by atoms with Crippen molar-refractivity contribution in [2.24, 2.45) is 5.73 Å². The normalized spacial score (nSPS) is 11.6. The van der Waals surface area contributed by atoms with Crippen LogP contribution in [0.3, 0.4) is 0 Å². The van der Waals surface area contributed by atoms with Gasteiger partial charge in [-0.2, -0.15) is 5.10 Å². The van der Waals surface area contributed by atoms with E-state index >= 15 is 0 Å². The number of primary amides is 1. The average molecular weight is 363 g/mol. The number of nitrogens with two attached hydrogens (primary N) is 1. The van der Waals surface area contributed by atoms with Crippen LogP contribution in [0.25, 0.3) is 5.82 Å². The van der Waals surface area contributed by atoms with Crippen molar-refractivity contribution >= 4 is 17.6 Å². The number of carbonyl (C=O) groups excluding carboxylic acids is 3. The Morgan fingerprint density at radius 1 is 1.00 bits per heavy atom. The Kier molecular flexibility index (Phi) is 5.36. The minimum atomic E-state index is -1.10. The van der Waals surface area contributed by atoms with Gasteiger partial charge in [0.05, 0.1) is 6.20 Å². The monoisotopic (exact) mass is 363 g/mol. The van der Waals surface area contributed by atoms with Crippen molar-refractivity contribution in [3.05, 3.63) is 78.2 Å². The molecule has 8 heteroatoms. The summed E-state index contributed by atoms with van der Waals surface area (Å²) in [7, 11) is 0. The number of Topliss-reactive ketones (excluding diaryl/α,β-unsaturated/α-hetero) is 1. The number of pyridine rings is 1. The van der Waals surface area contributed by atoms with Crippen molar-refractivity contribution in [2.45, 2.75) is 12.5 Å². The smallest absolute Gasteiger partial charge is 0.287 e. The second-order valence-corrected chi connectivity index (χ2v) is 5.76. The highest BCUT2D eigenvalue weighted by Crippen LogP contribution is 2.09. The molecular weight excluding hydrogens is 346 g/mol. The lowest BCUT2D eigenvalue weighted by Crippen LogP contribution is -2.47. The van der Waals surface area contributed by atoms with Gasteiger partial charge in [-0.25, -0.2) is 9.67 Å². The third kappa shape index (κ3) is 4.24. The molecule has 0 aliphatic heterocycles. The Morgan fingerprint density at radius 2 is 1.74 bits per heavy atom. The third-order valence-corrected chi connectivity index (χ3v) is 3.89.